The summed E-state index contributed by atoms with van der Waals surface area (Å²) in [6.07, 6.45) is 2.11. The Morgan fingerprint density at radius 1 is 0.760 bits per heavy atom. The van der Waals surface area contributed by atoms with Crippen molar-refractivity contribution in [2.45, 2.75) is 71.6 Å². The first-order valence-corrected chi connectivity index (χ1v) is 9.39. The maximum Gasteiger partial charge on any atom is 0.119 e. The molecule has 2 heteroatoms. The summed E-state index contributed by atoms with van der Waals surface area (Å²) < 4.78 is 0. The number of hydrogen-bond donors (Lipinski definition) is 2. The highest BCUT2D eigenvalue weighted by Crippen LogP contribution is 2.43. The summed E-state index contributed by atoms with van der Waals surface area (Å²) in [7, 11) is 0. The van der Waals surface area contributed by atoms with Crippen molar-refractivity contribution in [2.75, 3.05) is 0 Å². The summed E-state index contributed by atoms with van der Waals surface area (Å²) >= 11 is 0. The van der Waals surface area contributed by atoms with Crippen molar-refractivity contribution in [3.05, 3.63) is 58.7 Å². The van der Waals surface area contributed by atoms with Gasteiger partial charge in [-0.2, -0.15) is 0 Å². The van der Waals surface area contributed by atoms with Gasteiger partial charge < -0.3 is 10.2 Å². The van der Waals surface area contributed by atoms with Gasteiger partial charge in [-0.25, -0.2) is 0 Å². The minimum absolute atomic E-state index is 0.283. The van der Waals surface area contributed by atoms with Crippen LogP contribution >= 0.6 is 0 Å². The lowest BCUT2D eigenvalue weighted by Gasteiger charge is -2.29. The molecule has 0 spiro atoms. The monoisotopic (exact) mass is 340 g/mol. The summed E-state index contributed by atoms with van der Waals surface area (Å²) in [6, 6.07) is 11.8. The number of phenolic OH excluding ortho intramolecular Hbond substituents is 2. The third kappa shape index (κ3) is 3.84. The summed E-state index contributed by atoms with van der Waals surface area (Å²) in [4.78, 5) is 0. The molecule has 2 aromatic rings. The Labute approximate surface area is 152 Å². The van der Waals surface area contributed by atoms with Crippen LogP contribution < -0.4 is 0 Å². The quantitative estimate of drug-likeness (QED) is 0.634. The van der Waals surface area contributed by atoms with E-state index >= 15 is 0 Å². The molecule has 0 bridgehead atoms. The van der Waals surface area contributed by atoms with Gasteiger partial charge in [-0.05, 0) is 47.9 Å². The Bertz CT molecular complexity index is 669. The number of hydrogen-bond acceptors (Lipinski definition) is 2. The number of benzene rings is 2. The van der Waals surface area contributed by atoms with E-state index < -0.39 is 5.41 Å². The van der Waals surface area contributed by atoms with E-state index in [0.717, 1.165) is 24.0 Å². The second-order valence-electron chi connectivity index (χ2n) is 7.80. The molecule has 136 valence electrons. The van der Waals surface area contributed by atoms with E-state index in [-0.39, 0.29) is 11.5 Å². The topological polar surface area (TPSA) is 40.5 Å². The summed E-state index contributed by atoms with van der Waals surface area (Å²) in [5.74, 6) is 1.45. The van der Waals surface area contributed by atoms with Crippen LogP contribution in [0.3, 0.4) is 0 Å². The van der Waals surface area contributed by atoms with Gasteiger partial charge in [0.1, 0.15) is 11.5 Å². The van der Waals surface area contributed by atoms with Crippen molar-refractivity contribution in [1.29, 1.82) is 0 Å². The summed E-state index contributed by atoms with van der Waals surface area (Å²) in [5, 5.41) is 21.0. The number of aromatic hydroxyl groups is 2. The van der Waals surface area contributed by atoms with Gasteiger partial charge >= 0.3 is 0 Å². The first kappa shape index (κ1) is 19.4. The third-order valence-electron chi connectivity index (χ3n) is 5.75. The molecule has 2 atom stereocenters. The summed E-state index contributed by atoms with van der Waals surface area (Å²) in [6.45, 7) is 12.9. The highest BCUT2D eigenvalue weighted by atomic mass is 16.3. The zero-order valence-corrected chi connectivity index (χ0v) is 16.4. The Kier molecular flexibility index (Phi) is 5.82. The van der Waals surface area contributed by atoms with E-state index in [2.05, 4.69) is 53.7 Å². The van der Waals surface area contributed by atoms with Crippen LogP contribution in [0.5, 0.6) is 11.5 Å². The van der Waals surface area contributed by atoms with Gasteiger partial charge in [0.05, 0.1) is 0 Å². The predicted molar refractivity (Wildman–Crippen MR) is 106 cm³/mol. The van der Waals surface area contributed by atoms with Gasteiger partial charge in [0.2, 0.25) is 0 Å². The molecule has 0 aliphatic carbocycles. The lowest BCUT2D eigenvalue weighted by atomic mass is 9.75. The maximum absolute atomic E-state index is 10.5. The second-order valence-corrected chi connectivity index (χ2v) is 7.80. The van der Waals surface area contributed by atoms with Gasteiger partial charge in [-0.1, -0.05) is 65.8 Å². The molecule has 2 N–H and O–H groups in total. The fourth-order valence-electron chi connectivity index (χ4n) is 3.34. The van der Waals surface area contributed by atoms with Crippen molar-refractivity contribution in [2.24, 2.45) is 0 Å². The van der Waals surface area contributed by atoms with Crippen LogP contribution in [-0.4, -0.2) is 10.2 Å². The Morgan fingerprint density at radius 3 is 1.44 bits per heavy atom. The van der Waals surface area contributed by atoms with Crippen molar-refractivity contribution in [3.8, 4) is 11.5 Å². The van der Waals surface area contributed by atoms with Crippen LogP contribution in [0, 0.1) is 0 Å². The minimum atomic E-state index is -0.485. The van der Waals surface area contributed by atoms with Crippen LogP contribution in [0.2, 0.25) is 0 Å². The standard InChI is InChI=1S/C23H32O2/c1-7-15(3)17-9-11-21(24)19(13-17)23(5,6)20-14-18(16(4)8-2)10-12-22(20)25/h9-16,24-25H,7-8H2,1-6H3. The molecule has 0 aromatic heterocycles. The Morgan fingerprint density at radius 2 is 1.12 bits per heavy atom. The van der Waals surface area contributed by atoms with Crippen LogP contribution in [-0.2, 0) is 5.41 Å². The molecule has 0 radical (unpaired) electrons. The van der Waals surface area contributed by atoms with Gasteiger partial charge in [-0.3, -0.25) is 0 Å². The van der Waals surface area contributed by atoms with Gasteiger partial charge in [0.25, 0.3) is 0 Å². The van der Waals surface area contributed by atoms with Crippen molar-refractivity contribution in [1.82, 2.24) is 0 Å². The molecule has 0 aliphatic heterocycles. The van der Waals surface area contributed by atoms with E-state index in [1.54, 1.807) is 12.1 Å². The Balaban J connectivity index is 2.58. The van der Waals surface area contributed by atoms with E-state index in [1.807, 2.05) is 12.1 Å². The SMILES string of the molecule is CCC(C)c1ccc(O)c(C(C)(C)c2cc(C(C)CC)ccc2O)c1. The molecule has 2 aromatic carbocycles. The summed E-state index contributed by atoms with van der Waals surface area (Å²) in [5.41, 5.74) is 3.69. The zero-order chi connectivity index (χ0) is 18.8. The predicted octanol–water partition coefficient (Wildman–Crippen LogP) is 6.45. The van der Waals surface area contributed by atoms with Gasteiger partial charge in [-0.15, -0.1) is 0 Å². The number of rotatable bonds is 6. The van der Waals surface area contributed by atoms with Crippen molar-refractivity contribution >= 4 is 0 Å². The molecule has 2 unspecified atom stereocenters. The van der Waals surface area contributed by atoms with E-state index in [1.165, 1.54) is 11.1 Å². The van der Waals surface area contributed by atoms with E-state index in [0.29, 0.717) is 11.8 Å². The molecule has 2 rings (SSSR count). The number of phenols is 2. The van der Waals surface area contributed by atoms with Crippen LogP contribution in [0.15, 0.2) is 36.4 Å². The average Bonchev–Trinajstić information content (AvgIpc) is 2.60. The lowest BCUT2D eigenvalue weighted by molar-refractivity contribution is 0.434. The average molecular weight is 341 g/mol. The van der Waals surface area contributed by atoms with Crippen LogP contribution in [0.25, 0.3) is 0 Å². The highest BCUT2D eigenvalue weighted by molar-refractivity contribution is 5.52. The lowest BCUT2D eigenvalue weighted by Crippen LogP contribution is -2.20. The molecule has 0 saturated carbocycles. The largest absolute Gasteiger partial charge is 0.508 e. The van der Waals surface area contributed by atoms with E-state index in [9.17, 15) is 10.2 Å². The maximum atomic E-state index is 10.5. The normalized spacial score (nSPS) is 14.3. The molecule has 0 saturated heterocycles. The highest BCUT2D eigenvalue weighted by Gasteiger charge is 2.30. The minimum Gasteiger partial charge on any atom is -0.508 e. The van der Waals surface area contributed by atoms with Gasteiger partial charge in [0, 0.05) is 16.5 Å². The second kappa shape index (κ2) is 7.51. The molecular weight excluding hydrogens is 308 g/mol. The molecule has 2 nitrogen and oxygen atoms in total. The van der Waals surface area contributed by atoms with Gasteiger partial charge in [0.15, 0.2) is 0 Å². The fourth-order valence-corrected chi connectivity index (χ4v) is 3.34. The molecule has 0 amide bonds. The molecule has 0 aliphatic rings. The molecule has 0 heterocycles. The smallest absolute Gasteiger partial charge is 0.119 e. The van der Waals surface area contributed by atoms with E-state index in [4.69, 9.17) is 0 Å². The zero-order valence-electron chi connectivity index (χ0n) is 16.4. The van der Waals surface area contributed by atoms with Crippen LogP contribution in [0.4, 0.5) is 0 Å². The van der Waals surface area contributed by atoms with Crippen molar-refractivity contribution < 1.29 is 10.2 Å². The molecule has 0 fully saturated rings. The third-order valence-corrected chi connectivity index (χ3v) is 5.75. The Hall–Kier alpha value is -1.96. The molecular formula is C23H32O2. The van der Waals surface area contributed by atoms with Crippen LogP contribution in [0.1, 0.15) is 88.5 Å². The van der Waals surface area contributed by atoms with Crippen molar-refractivity contribution in [3.63, 3.8) is 0 Å². The first-order chi connectivity index (χ1) is 11.7. The first-order valence-electron chi connectivity index (χ1n) is 9.39. The fraction of sp³-hybridized carbons (Fsp3) is 0.478. The molecule has 25 heavy (non-hydrogen) atoms.